The van der Waals surface area contributed by atoms with Gasteiger partial charge in [-0.1, -0.05) is 45.2 Å². The quantitative estimate of drug-likeness (QED) is 0.279. The molecule has 0 amide bonds. The van der Waals surface area contributed by atoms with Gasteiger partial charge in [0.05, 0.1) is 11.6 Å². The molecule has 0 radical (unpaired) electrons. The van der Waals surface area contributed by atoms with E-state index in [1.165, 1.54) is 18.4 Å². The summed E-state index contributed by atoms with van der Waals surface area (Å²) in [5.74, 6) is -0.382. The molecule has 2 aromatic rings. The van der Waals surface area contributed by atoms with Crippen LogP contribution in [0.1, 0.15) is 68.8 Å². The van der Waals surface area contributed by atoms with Gasteiger partial charge in [0.2, 0.25) is 0 Å². The van der Waals surface area contributed by atoms with Gasteiger partial charge in [-0.25, -0.2) is 9.59 Å². The lowest BCUT2D eigenvalue weighted by Gasteiger charge is -2.18. The van der Waals surface area contributed by atoms with Crippen molar-refractivity contribution in [1.29, 1.82) is 5.26 Å². The van der Waals surface area contributed by atoms with Crippen LogP contribution >= 0.6 is 0 Å². The van der Waals surface area contributed by atoms with Crippen molar-refractivity contribution in [1.82, 2.24) is 0 Å². The van der Waals surface area contributed by atoms with Crippen LogP contribution in [0.2, 0.25) is 0 Å². The molecule has 1 atom stereocenters. The molecule has 0 saturated carbocycles. The van der Waals surface area contributed by atoms with Gasteiger partial charge >= 0.3 is 11.9 Å². The summed E-state index contributed by atoms with van der Waals surface area (Å²) in [6, 6.07) is 15.7. The lowest BCUT2D eigenvalue weighted by Crippen LogP contribution is -2.30. The normalized spacial score (nSPS) is 12.5. The Bertz CT molecular complexity index is 881. The Kier molecular flexibility index (Phi) is 8.61. The Morgan fingerprint density at radius 3 is 2.03 bits per heavy atom. The smallest absolute Gasteiger partial charge is 0.343 e. The van der Waals surface area contributed by atoms with E-state index >= 15 is 0 Å². The fourth-order valence-corrected chi connectivity index (χ4v) is 3.05. The molecule has 0 saturated heterocycles. The Morgan fingerprint density at radius 1 is 0.900 bits per heavy atom. The predicted molar refractivity (Wildman–Crippen MR) is 115 cm³/mol. The first-order valence-electron chi connectivity index (χ1n) is 10.5. The second kappa shape index (κ2) is 11.2. The zero-order valence-corrected chi connectivity index (χ0v) is 17.9. The van der Waals surface area contributed by atoms with Crippen molar-refractivity contribution in [2.45, 2.75) is 59.3 Å². The van der Waals surface area contributed by atoms with E-state index in [4.69, 9.17) is 9.47 Å². The minimum absolute atomic E-state index is 0.300. The molecule has 0 spiro atoms. The highest BCUT2D eigenvalue weighted by atomic mass is 16.5. The molecule has 0 aliphatic carbocycles. The predicted octanol–water partition coefficient (Wildman–Crippen LogP) is 5.87. The van der Waals surface area contributed by atoms with E-state index in [1.807, 2.05) is 25.1 Å². The lowest BCUT2D eigenvalue weighted by atomic mass is 9.87. The summed E-state index contributed by atoms with van der Waals surface area (Å²) < 4.78 is 10.7. The van der Waals surface area contributed by atoms with Crippen LogP contribution in [0.25, 0.3) is 0 Å². The molecule has 0 aliphatic heterocycles. The van der Waals surface area contributed by atoms with Crippen molar-refractivity contribution >= 4 is 11.9 Å². The summed E-state index contributed by atoms with van der Waals surface area (Å²) >= 11 is 0. The van der Waals surface area contributed by atoms with Crippen LogP contribution in [0, 0.1) is 16.7 Å². The summed E-state index contributed by atoms with van der Waals surface area (Å²) in [5.41, 5.74) is 0.510. The van der Waals surface area contributed by atoms with Crippen LogP contribution in [0.5, 0.6) is 11.5 Å². The molecule has 0 fully saturated rings. The second-order valence-corrected chi connectivity index (χ2v) is 7.60. The third-order valence-electron chi connectivity index (χ3n) is 4.95. The van der Waals surface area contributed by atoms with Gasteiger partial charge in [-0.2, -0.15) is 5.26 Å². The molecule has 0 aliphatic rings. The van der Waals surface area contributed by atoms with Crippen LogP contribution in [0.3, 0.4) is 0 Å². The van der Waals surface area contributed by atoms with E-state index in [2.05, 4.69) is 6.92 Å². The number of unbranched alkanes of at least 4 members (excludes halogenated alkanes) is 2. The standard InChI is InChI=1S/C25H29NO4/c1-4-6-7-8-19-9-11-20(12-10-19)23(27)29-21-13-15-22(16-14-21)30-24(28)25(3,18-26)17-5-2/h9-16H,4-8,17H2,1-3H3. The van der Waals surface area contributed by atoms with Crippen LogP contribution in [0.15, 0.2) is 48.5 Å². The fourth-order valence-electron chi connectivity index (χ4n) is 3.05. The first-order valence-corrected chi connectivity index (χ1v) is 10.5. The molecule has 0 N–H and O–H groups in total. The van der Waals surface area contributed by atoms with E-state index in [0.29, 0.717) is 29.9 Å². The van der Waals surface area contributed by atoms with Gasteiger partial charge in [0.25, 0.3) is 0 Å². The number of ether oxygens (including phenoxy) is 2. The second-order valence-electron chi connectivity index (χ2n) is 7.60. The zero-order chi connectivity index (χ0) is 22.0. The van der Waals surface area contributed by atoms with E-state index in [1.54, 1.807) is 43.3 Å². The molecule has 2 rings (SSSR count). The van der Waals surface area contributed by atoms with Crippen molar-refractivity contribution in [3.8, 4) is 17.6 Å². The molecule has 158 valence electrons. The lowest BCUT2D eigenvalue weighted by molar-refractivity contribution is -0.142. The summed E-state index contributed by atoms with van der Waals surface area (Å²) in [6.07, 6.45) is 5.65. The van der Waals surface area contributed by atoms with Gasteiger partial charge in [0.15, 0.2) is 5.41 Å². The fraction of sp³-hybridized carbons (Fsp3) is 0.400. The number of nitrogens with zero attached hydrogens (tertiary/aromatic N) is 1. The Morgan fingerprint density at radius 2 is 1.50 bits per heavy atom. The Hall–Kier alpha value is -3.13. The van der Waals surface area contributed by atoms with E-state index in [-0.39, 0.29) is 0 Å². The monoisotopic (exact) mass is 407 g/mol. The third-order valence-corrected chi connectivity index (χ3v) is 4.95. The first kappa shape index (κ1) is 23.2. The number of rotatable bonds is 10. The number of carbonyl (C=O) groups is 2. The van der Waals surface area contributed by atoms with Gasteiger partial charge in [-0.05, 0) is 68.1 Å². The zero-order valence-electron chi connectivity index (χ0n) is 17.9. The molecule has 5 heteroatoms. The van der Waals surface area contributed by atoms with Crippen LogP contribution < -0.4 is 9.47 Å². The molecule has 5 nitrogen and oxygen atoms in total. The number of carbonyl (C=O) groups excluding carboxylic acids is 2. The van der Waals surface area contributed by atoms with Crippen molar-refractivity contribution < 1.29 is 19.1 Å². The molecule has 1 unspecified atom stereocenters. The number of hydrogen-bond donors (Lipinski definition) is 0. The SMILES string of the molecule is CCCCCc1ccc(C(=O)Oc2ccc(OC(=O)C(C)(C#N)CCC)cc2)cc1. The highest BCUT2D eigenvalue weighted by Gasteiger charge is 2.34. The summed E-state index contributed by atoms with van der Waals surface area (Å²) in [4.78, 5) is 24.6. The minimum atomic E-state index is -1.18. The van der Waals surface area contributed by atoms with Crippen molar-refractivity contribution in [3.05, 3.63) is 59.7 Å². The highest BCUT2D eigenvalue weighted by molar-refractivity contribution is 5.91. The van der Waals surface area contributed by atoms with Crippen molar-refractivity contribution in [3.63, 3.8) is 0 Å². The summed E-state index contributed by atoms with van der Waals surface area (Å²) in [5, 5.41) is 9.28. The third kappa shape index (κ3) is 6.45. The molecular formula is C25H29NO4. The topological polar surface area (TPSA) is 76.4 Å². The summed E-state index contributed by atoms with van der Waals surface area (Å²) in [6.45, 7) is 5.65. The molecular weight excluding hydrogens is 378 g/mol. The van der Waals surface area contributed by atoms with Gasteiger partial charge in [0.1, 0.15) is 11.5 Å². The van der Waals surface area contributed by atoms with Crippen LogP contribution in [-0.2, 0) is 11.2 Å². The van der Waals surface area contributed by atoms with Crippen LogP contribution in [0.4, 0.5) is 0 Å². The van der Waals surface area contributed by atoms with Gasteiger partial charge in [0, 0.05) is 0 Å². The average Bonchev–Trinajstić information content (AvgIpc) is 2.75. The number of esters is 2. The van der Waals surface area contributed by atoms with Gasteiger partial charge < -0.3 is 9.47 Å². The maximum Gasteiger partial charge on any atom is 0.343 e. The van der Waals surface area contributed by atoms with Gasteiger partial charge in [-0.15, -0.1) is 0 Å². The van der Waals surface area contributed by atoms with Crippen LogP contribution in [-0.4, -0.2) is 11.9 Å². The first-order chi connectivity index (χ1) is 14.4. The van der Waals surface area contributed by atoms with Gasteiger partial charge in [-0.3, -0.25) is 0 Å². The van der Waals surface area contributed by atoms with Crippen molar-refractivity contribution in [2.24, 2.45) is 5.41 Å². The molecule has 0 bridgehead atoms. The molecule has 0 heterocycles. The maximum atomic E-state index is 12.3. The molecule has 0 aromatic heterocycles. The minimum Gasteiger partial charge on any atom is -0.425 e. The Balaban J connectivity index is 1.94. The highest BCUT2D eigenvalue weighted by Crippen LogP contribution is 2.26. The maximum absolute atomic E-state index is 12.3. The van der Waals surface area contributed by atoms with E-state index < -0.39 is 17.4 Å². The summed E-state index contributed by atoms with van der Waals surface area (Å²) in [7, 11) is 0. The largest absolute Gasteiger partial charge is 0.425 e. The van der Waals surface area contributed by atoms with Crippen molar-refractivity contribution in [2.75, 3.05) is 0 Å². The molecule has 2 aromatic carbocycles. The average molecular weight is 408 g/mol. The number of hydrogen-bond acceptors (Lipinski definition) is 5. The number of aryl methyl sites for hydroxylation is 1. The van der Waals surface area contributed by atoms with E-state index in [0.717, 1.165) is 12.8 Å². The van der Waals surface area contributed by atoms with E-state index in [9.17, 15) is 14.9 Å². The molecule has 30 heavy (non-hydrogen) atoms. The number of nitriles is 1. The Labute approximate surface area is 178 Å². The number of benzene rings is 2.